The summed E-state index contributed by atoms with van der Waals surface area (Å²) in [5.74, 6) is -0.249. The molecule has 0 saturated heterocycles. The lowest BCUT2D eigenvalue weighted by Crippen LogP contribution is -1.86. The maximum absolute atomic E-state index is 13.5. The zero-order valence-corrected chi connectivity index (χ0v) is 8.41. The van der Waals surface area contributed by atoms with E-state index in [-0.39, 0.29) is 22.8 Å². The molecule has 2 rings (SSSR count). The molecule has 1 heterocycles. The first kappa shape index (κ1) is 9.71. The molecular weight excluding hydrogens is 197 g/mol. The lowest BCUT2D eigenvalue weighted by atomic mass is 10.1. The number of nitrogens with zero attached hydrogens (tertiary/aromatic N) is 1. The van der Waals surface area contributed by atoms with Crippen LogP contribution in [0.15, 0.2) is 22.7 Å². The first-order valence-corrected chi connectivity index (χ1v) is 4.51. The molecule has 1 N–H and O–H groups in total. The molecule has 0 radical (unpaired) electrons. The number of benzene rings is 1. The van der Waals surface area contributed by atoms with Crippen LogP contribution in [-0.2, 0) is 0 Å². The second-order valence-electron chi connectivity index (χ2n) is 3.42. The largest absolute Gasteiger partial charge is 0.503 e. The zero-order chi connectivity index (χ0) is 11.0. The molecule has 0 fully saturated rings. The van der Waals surface area contributed by atoms with Gasteiger partial charge in [-0.1, -0.05) is 11.2 Å². The second-order valence-corrected chi connectivity index (χ2v) is 3.42. The standard InChI is InChI=1S/C11H10FNO2/c1-6-3-4-8(9(12)5-6)10-11(14)7(2)15-13-10/h3-5,14H,1-2H3. The lowest BCUT2D eigenvalue weighted by Gasteiger charge is -2.00. The average Bonchev–Trinajstić information content (AvgIpc) is 2.49. The predicted molar refractivity (Wildman–Crippen MR) is 53.0 cm³/mol. The summed E-state index contributed by atoms with van der Waals surface area (Å²) in [4.78, 5) is 0. The number of aromatic nitrogens is 1. The summed E-state index contributed by atoms with van der Waals surface area (Å²) < 4.78 is 18.3. The molecule has 0 saturated carbocycles. The molecule has 3 nitrogen and oxygen atoms in total. The third kappa shape index (κ3) is 1.58. The third-order valence-electron chi connectivity index (χ3n) is 2.21. The molecule has 78 valence electrons. The van der Waals surface area contributed by atoms with Crippen molar-refractivity contribution in [2.24, 2.45) is 0 Å². The quantitative estimate of drug-likeness (QED) is 0.782. The highest BCUT2D eigenvalue weighted by Gasteiger charge is 2.16. The van der Waals surface area contributed by atoms with Crippen molar-refractivity contribution in [2.45, 2.75) is 13.8 Å². The minimum atomic E-state index is -0.418. The van der Waals surface area contributed by atoms with Crippen LogP contribution in [0.2, 0.25) is 0 Å². The van der Waals surface area contributed by atoms with E-state index >= 15 is 0 Å². The molecule has 15 heavy (non-hydrogen) atoms. The summed E-state index contributed by atoms with van der Waals surface area (Å²) >= 11 is 0. The molecule has 0 bridgehead atoms. The monoisotopic (exact) mass is 207 g/mol. The van der Waals surface area contributed by atoms with Crippen LogP contribution < -0.4 is 0 Å². The van der Waals surface area contributed by atoms with Crippen molar-refractivity contribution in [1.82, 2.24) is 5.16 Å². The highest BCUT2D eigenvalue weighted by molar-refractivity contribution is 5.67. The van der Waals surface area contributed by atoms with Gasteiger partial charge < -0.3 is 9.63 Å². The first-order valence-electron chi connectivity index (χ1n) is 4.51. The second kappa shape index (κ2) is 3.38. The first-order chi connectivity index (χ1) is 7.09. The van der Waals surface area contributed by atoms with E-state index in [9.17, 15) is 9.50 Å². The highest BCUT2D eigenvalue weighted by Crippen LogP contribution is 2.32. The Morgan fingerprint density at radius 3 is 2.60 bits per heavy atom. The minimum absolute atomic E-state index is 0.113. The summed E-state index contributed by atoms with van der Waals surface area (Å²) in [6.45, 7) is 3.36. The number of aromatic hydroxyl groups is 1. The van der Waals surface area contributed by atoms with Gasteiger partial charge in [0, 0.05) is 12.5 Å². The Morgan fingerprint density at radius 1 is 1.33 bits per heavy atom. The molecule has 1 aromatic carbocycles. The van der Waals surface area contributed by atoms with Crippen LogP contribution in [0, 0.1) is 19.7 Å². The van der Waals surface area contributed by atoms with E-state index in [2.05, 4.69) is 5.16 Å². The molecule has 2 aromatic rings. The Hall–Kier alpha value is -1.84. The van der Waals surface area contributed by atoms with Gasteiger partial charge >= 0.3 is 0 Å². The predicted octanol–water partition coefficient (Wildman–Crippen LogP) is 2.80. The van der Waals surface area contributed by atoms with Crippen molar-refractivity contribution in [3.63, 3.8) is 0 Å². The van der Waals surface area contributed by atoms with Gasteiger partial charge in [-0.05, 0) is 24.6 Å². The van der Waals surface area contributed by atoms with Crippen molar-refractivity contribution in [3.05, 3.63) is 35.3 Å². The molecule has 0 aliphatic heterocycles. The van der Waals surface area contributed by atoms with Crippen LogP contribution in [0.25, 0.3) is 11.3 Å². The highest BCUT2D eigenvalue weighted by atomic mass is 19.1. The molecule has 0 unspecified atom stereocenters. The minimum Gasteiger partial charge on any atom is -0.503 e. The zero-order valence-electron chi connectivity index (χ0n) is 8.41. The molecule has 4 heteroatoms. The number of hydrogen-bond donors (Lipinski definition) is 1. The summed E-state index contributed by atoms with van der Waals surface area (Å²) in [5.41, 5.74) is 1.20. The van der Waals surface area contributed by atoms with Crippen LogP contribution >= 0.6 is 0 Å². The normalized spacial score (nSPS) is 10.6. The van der Waals surface area contributed by atoms with Gasteiger partial charge in [0.05, 0.1) is 0 Å². The van der Waals surface area contributed by atoms with Gasteiger partial charge in [-0.25, -0.2) is 4.39 Å². The Balaban J connectivity index is 2.59. The Bertz CT molecular complexity index is 505. The van der Waals surface area contributed by atoms with Gasteiger partial charge in [0.2, 0.25) is 0 Å². The van der Waals surface area contributed by atoms with Crippen LogP contribution in [0.4, 0.5) is 4.39 Å². The van der Waals surface area contributed by atoms with Crippen molar-refractivity contribution < 1.29 is 14.0 Å². The summed E-state index contributed by atoms with van der Waals surface area (Å²) in [6.07, 6.45) is 0. The van der Waals surface area contributed by atoms with E-state index in [1.165, 1.54) is 6.07 Å². The van der Waals surface area contributed by atoms with E-state index < -0.39 is 5.82 Å². The number of aryl methyl sites for hydroxylation is 2. The topological polar surface area (TPSA) is 46.3 Å². The smallest absolute Gasteiger partial charge is 0.186 e. The molecule has 0 aliphatic carbocycles. The van der Waals surface area contributed by atoms with Gasteiger partial charge in [-0.2, -0.15) is 0 Å². The van der Waals surface area contributed by atoms with Crippen molar-refractivity contribution in [2.75, 3.05) is 0 Å². The molecule has 1 aromatic heterocycles. The maximum Gasteiger partial charge on any atom is 0.186 e. The Morgan fingerprint density at radius 2 is 2.07 bits per heavy atom. The van der Waals surface area contributed by atoms with Gasteiger partial charge in [0.15, 0.2) is 17.2 Å². The number of halogens is 1. The van der Waals surface area contributed by atoms with Crippen LogP contribution in [-0.4, -0.2) is 10.3 Å². The summed E-state index contributed by atoms with van der Waals surface area (Å²) in [6, 6.07) is 4.71. The van der Waals surface area contributed by atoms with Crippen LogP contribution in [0.5, 0.6) is 5.75 Å². The molecule has 0 atom stereocenters. The molecule has 0 aliphatic rings. The number of hydrogen-bond acceptors (Lipinski definition) is 3. The fourth-order valence-electron chi connectivity index (χ4n) is 1.36. The summed E-state index contributed by atoms with van der Waals surface area (Å²) in [7, 11) is 0. The average molecular weight is 207 g/mol. The van der Waals surface area contributed by atoms with Gasteiger partial charge in [0.25, 0.3) is 0 Å². The van der Waals surface area contributed by atoms with Gasteiger partial charge in [-0.15, -0.1) is 0 Å². The fourth-order valence-corrected chi connectivity index (χ4v) is 1.36. The maximum atomic E-state index is 13.5. The van der Waals surface area contributed by atoms with E-state index in [1.54, 1.807) is 26.0 Å². The van der Waals surface area contributed by atoms with E-state index in [4.69, 9.17) is 4.52 Å². The van der Waals surface area contributed by atoms with Crippen molar-refractivity contribution in [1.29, 1.82) is 0 Å². The Labute approximate surface area is 86.1 Å². The van der Waals surface area contributed by atoms with Gasteiger partial charge in [-0.3, -0.25) is 0 Å². The van der Waals surface area contributed by atoms with Crippen LogP contribution in [0.1, 0.15) is 11.3 Å². The Kier molecular flexibility index (Phi) is 2.19. The van der Waals surface area contributed by atoms with E-state index in [0.29, 0.717) is 0 Å². The SMILES string of the molecule is Cc1ccc(-c2noc(C)c2O)c(F)c1. The lowest BCUT2D eigenvalue weighted by molar-refractivity contribution is 0.384. The summed E-state index contributed by atoms with van der Waals surface area (Å²) in [5, 5.41) is 13.2. The van der Waals surface area contributed by atoms with Crippen LogP contribution in [0.3, 0.4) is 0 Å². The number of rotatable bonds is 1. The van der Waals surface area contributed by atoms with E-state index in [1.807, 2.05) is 0 Å². The molecular formula is C11H10FNO2. The van der Waals surface area contributed by atoms with E-state index in [0.717, 1.165) is 5.56 Å². The molecule has 0 amide bonds. The van der Waals surface area contributed by atoms with Gasteiger partial charge in [0.1, 0.15) is 5.82 Å². The third-order valence-corrected chi connectivity index (χ3v) is 2.21. The van der Waals surface area contributed by atoms with Crippen molar-refractivity contribution in [3.8, 4) is 17.0 Å². The van der Waals surface area contributed by atoms with Crippen molar-refractivity contribution >= 4 is 0 Å². The molecule has 0 spiro atoms. The fraction of sp³-hybridized carbons (Fsp3) is 0.182.